The Labute approximate surface area is 180 Å². The fourth-order valence-corrected chi connectivity index (χ4v) is 4.12. The van der Waals surface area contributed by atoms with Crippen molar-refractivity contribution in [3.8, 4) is 0 Å². The number of hydrogen-bond acceptors (Lipinski definition) is 5. The van der Waals surface area contributed by atoms with Crippen LogP contribution in [0.3, 0.4) is 0 Å². The summed E-state index contributed by atoms with van der Waals surface area (Å²) in [4.78, 5) is 23.6. The highest BCUT2D eigenvalue weighted by molar-refractivity contribution is 14.1. The molecule has 1 heterocycles. The normalized spacial score (nSPS) is 19.1. The molecule has 0 saturated heterocycles. The van der Waals surface area contributed by atoms with Gasteiger partial charge in [0.15, 0.2) is 0 Å². The van der Waals surface area contributed by atoms with E-state index in [9.17, 15) is 4.79 Å². The third kappa shape index (κ3) is 5.80. The summed E-state index contributed by atoms with van der Waals surface area (Å²) in [5.41, 5.74) is 2.09. The summed E-state index contributed by atoms with van der Waals surface area (Å²) >= 11 is 2.29. The number of nitrogens with one attached hydrogen (secondary N) is 2. The summed E-state index contributed by atoms with van der Waals surface area (Å²) in [6.07, 6.45) is 3.69. The fourth-order valence-electron chi connectivity index (χ4n) is 3.51. The van der Waals surface area contributed by atoms with Crippen LogP contribution in [0.1, 0.15) is 36.9 Å². The van der Waals surface area contributed by atoms with E-state index in [-0.39, 0.29) is 11.8 Å². The zero-order valence-electron chi connectivity index (χ0n) is 16.7. The number of anilines is 2. The van der Waals surface area contributed by atoms with Gasteiger partial charge in [0.05, 0.1) is 0 Å². The van der Waals surface area contributed by atoms with Crippen LogP contribution in [0.15, 0.2) is 30.3 Å². The van der Waals surface area contributed by atoms with Crippen LogP contribution >= 0.6 is 22.6 Å². The average Bonchev–Trinajstić information content (AvgIpc) is 2.66. The van der Waals surface area contributed by atoms with Crippen LogP contribution in [-0.4, -0.2) is 36.0 Å². The number of aryl methyl sites for hydroxylation is 1. The van der Waals surface area contributed by atoms with Gasteiger partial charge in [0.25, 0.3) is 0 Å². The molecule has 1 aliphatic carbocycles. The second-order valence-electron chi connectivity index (χ2n) is 7.63. The number of aromatic nitrogens is 2. The summed E-state index contributed by atoms with van der Waals surface area (Å²) in [7, 11) is 3.96. The van der Waals surface area contributed by atoms with E-state index in [0.717, 1.165) is 42.8 Å². The van der Waals surface area contributed by atoms with E-state index in [1.54, 1.807) is 0 Å². The third-order valence-electron chi connectivity index (χ3n) is 5.09. The molecule has 1 amide bonds. The summed E-state index contributed by atoms with van der Waals surface area (Å²) in [6, 6.07) is 10.5. The maximum atomic E-state index is 12.5. The van der Waals surface area contributed by atoms with Gasteiger partial charge in [-0.2, -0.15) is 4.98 Å². The van der Waals surface area contributed by atoms with Crippen molar-refractivity contribution in [2.75, 3.05) is 24.3 Å². The minimum Gasteiger partial charge on any atom is -0.363 e. The Bertz CT molecular complexity index is 818. The molecule has 28 heavy (non-hydrogen) atoms. The van der Waals surface area contributed by atoms with Crippen molar-refractivity contribution in [1.29, 1.82) is 0 Å². The molecule has 2 N–H and O–H groups in total. The Kier molecular flexibility index (Phi) is 7.09. The number of benzene rings is 1. The van der Waals surface area contributed by atoms with Gasteiger partial charge >= 0.3 is 0 Å². The molecule has 0 unspecified atom stereocenters. The number of amides is 1. The van der Waals surface area contributed by atoms with Crippen molar-refractivity contribution in [2.24, 2.45) is 5.92 Å². The Balaban J connectivity index is 1.48. The molecule has 1 aromatic carbocycles. The molecule has 3 rings (SSSR count). The molecule has 0 radical (unpaired) electrons. The van der Waals surface area contributed by atoms with E-state index in [1.807, 2.05) is 44.1 Å². The zero-order chi connectivity index (χ0) is 20.1. The number of hydrogen-bond donors (Lipinski definition) is 2. The maximum Gasteiger partial charge on any atom is 0.225 e. The monoisotopic (exact) mass is 493 g/mol. The molecule has 2 aromatic rings. The van der Waals surface area contributed by atoms with Crippen LogP contribution in [0.25, 0.3) is 0 Å². The molecule has 1 aliphatic rings. The summed E-state index contributed by atoms with van der Waals surface area (Å²) in [5, 5.41) is 6.55. The second-order valence-corrected chi connectivity index (χ2v) is 8.87. The first-order valence-electron chi connectivity index (χ1n) is 9.72. The molecule has 0 aliphatic heterocycles. The van der Waals surface area contributed by atoms with E-state index in [4.69, 9.17) is 0 Å². The Morgan fingerprint density at radius 3 is 2.61 bits per heavy atom. The molecule has 7 heteroatoms. The summed E-state index contributed by atoms with van der Waals surface area (Å²) in [5.74, 6) is 1.84. The van der Waals surface area contributed by atoms with Crippen LogP contribution < -0.4 is 15.5 Å². The maximum absolute atomic E-state index is 12.5. The molecular formula is C21H28IN5O. The van der Waals surface area contributed by atoms with E-state index < -0.39 is 0 Å². The van der Waals surface area contributed by atoms with Crippen LogP contribution in [0.5, 0.6) is 0 Å². The number of carbonyl (C=O) groups excluding carboxylic acids is 1. The van der Waals surface area contributed by atoms with Gasteiger partial charge in [0.1, 0.15) is 5.82 Å². The fraction of sp³-hybridized carbons (Fsp3) is 0.476. The molecule has 0 spiro atoms. The predicted octanol–water partition coefficient (Wildman–Crippen LogP) is 3.74. The van der Waals surface area contributed by atoms with E-state index >= 15 is 0 Å². The van der Waals surface area contributed by atoms with Gasteiger partial charge in [0.2, 0.25) is 11.9 Å². The lowest BCUT2D eigenvalue weighted by Crippen LogP contribution is -2.36. The van der Waals surface area contributed by atoms with Crippen molar-refractivity contribution in [3.63, 3.8) is 0 Å². The first kappa shape index (κ1) is 20.8. The molecular weight excluding hydrogens is 465 g/mol. The predicted molar refractivity (Wildman–Crippen MR) is 121 cm³/mol. The van der Waals surface area contributed by atoms with Crippen molar-refractivity contribution < 1.29 is 4.79 Å². The standard InChI is InChI=1S/C21H28IN5O/c1-14-11-19(27(2)3)26-21(24-14)25-18-9-7-16(8-10-18)20(28)23-13-15-5-4-6-17(22)12-15/h4-6,11-12,16,18H,7-10,13H2,1-3H3,(H,23,28)(H,24,25,26)/t16-,18+. The second kappa shape index (κ2) is 9.54. The largest absolute Gasteiger partial charge is 0.363 e. The van der Waals surface area contributed by atoms with Crippen molar-refractivity contribution in [3.05, 3.63) is 45.2 Å². The number of carbonyl (C=O) groups is 1. The van der Waals surface area contributed by atoms with E-state index in [2.05, 4.69) is 55.3 Å². The van der Waals surface area contributed by atoms with Crippen LogP contribution in [0.4, 0.5) is 11.8 Å². The average molecular weight is 493 g/mol. The lowest BCUT2D eigenvalue weighted by Gasteiger charge is -2.28. The number of nitrogens with zero attached hydrogens (tertiary/aromatic N) is 3. The minimum atomic E-state index is 0.0941. The topological polar surface area (TPSA) is 70.2 Å². The molecule has 150 valence electrons. The van der Waals surface area contributed by atoms with E-state index in [0.29, 0.717) is 18.5 Å². The van der Waals surface area contributed by atoms with Gasteiger partial charge in [-0.25, -0.2) is 4.98 Å². The third-order valence-corrected chi connectivity index (χ3v) is 5.76. The Hall–Kier alpha value is -1.90. The minimum absolute atomic E-state index is 0.0941. The molecule has 0 atom stereocenters. The smallest absolute Gasteiger partial charge is 0.225 e. The molecule has 1 saturated carbocycles. The SMILES string of the molecule is Cc1cc(N(C)C)nc(N[C@H]2CC[C@@H](C(=O)NCc3cccc(I)c3)CC2)n1. The quantitative estimate of drug-likeness (QED) is 0.601. The highest BCUT2D eigenvalue weighted by Gasteiger charge is 2.26. The zero-order valence-corrected chi connectivity index (χ0v) is 18.9. The molecule has 1 aromatic heterocycles. The first-order valence-corrected chi connectivity index (χ1v) is 10.8. The van der Waals surface area contributed by atoms with Crippen molar-refractivity contribution >= 4 is 40.3 Å². The number of rotatable bonds is 6. The number of halogens is 1. The van der Waals surface area contributed by atoms with Gasteiger partial charge in [-0.3, -0.25) is 4.79 Å². The first-order chi connectivity index (χ1) is 13.4. The van der Waals surface area contributed by atoms with Crippen molar-refractivity contribution in [2.45, 2.75) is 45.2 Å². The van der Waals surface area contributed by atoms with Crippen LogP contribution in [0, 0.1) is 16.4 Å². The van der Waals surface area contributed by atoms with Crippen molar-refractivity contribution in [1.82, 2.24) is 15.3 Å². The Morgan fingerprint density at radius 1 is 1.18 bits per heavy atom. The van der Waals surface area contributed by atoms with Gasteiger partial charge in [0, 0.05) is 47.9 Å². The van der Waals surface area contributed by atoms with Gasteiger partial charge in [-0.05, 0) is 72.9 Å². The summed E-state index contributed by atoms with van der Waals surface area (Å²) in [6.45, 7) is 2.58. The van der Waals surface area contributed by atoms with Gasteiger partial charge in [-0.1, -0.05) is 12.1 Å². The molecule has 0 bridgehead atoms. The molecule has 1 fully saturated rings. The van der Waals surface area contributed by atoms with E-state index in [1.165, 1.54) is 3.57 Å². The summed E-state index contributed by atoms with van der Waals surface area (Å²) < 4.78 is 1.19. The molecule has 6 nitrogen and oxygen atoms in total. The Morgan fingerprint density at radius 2 is 1.93 bits per heavy atom. The van der Waals surface area contributed by atoms with Gasteiger partial charge < -0.3 is 15.5 Å². The highest BCUT2D eigenvalue weighted by atomic mass is 127. The lowest BCUT2D eigenvalue weighted by molar-refractivity contribution is -0.126. The highest BCUT2D eigenvalue weighted by Crippen LogP contribution is 2.26. The van der Waals surface area contributed by atoms with Crippen LogP contribution in [0.2, 0.25) is 0 Å². The lowest BCUT2D eigenvalue weighted by atomic mass is 9.85. The van der Waals surface area contributed by atoms with Gasteiger partial charge in [-0.15, -0.1) is 0 Å². The van der Waals surface area contributed by atoms with Crippen LogP contribution in [-0.2, 0) is 11.3 Å².